The van der Waals surface area contributed by atoms with Crippen LogP contribution in [0, 0.1) is 5.92 Å². The Morgan fingerprint density at radius 1 is 1.43 bits per heavy atom. The number of nitrogens with one attached hydrogen (secondary N) is 1. The van der Waals surface area contributed by atoms with Gasteiger partial charge >= 0.3 is 5.97 Å². The smallest absolute Gasteiger partial charge is 0.303 e. The van der Waals surface area contributed by atoms with Gasteiger partial charge in [-0.25, -0.2) is 0 Å². The minimum atomic E-state index is -0.851. The van der Waals surface area contributed by atoms with E-state index in [1.165, 1.54) is 35.0 Å². The molecule has 1 aliphatic carbocycles. The van der Waals surface area contributed by atoms with Crippen molar-refractivity contribution in [3.8, 4) is 10.7 Å². The third-order valence-corrected chi connectivity index (χ3v) is 7.29. The Balaban J connectivity index is 1.56. The van der Waals surface area contributed by atoms with Crippen LogP contribution in [0.2, 0.25) is 0 Å². The lowest BCUT2D eigenvalue weighted by Gasteiger charge is -2.19. The zero-order chi connectivity index (χ0) is 20.1. The summed E-state index contributed by atoms with van der Waals surface area (Å²) in [6.07, 6.45) is 5.30. The highest BCUT2D eigenvalue weighted by atomic mass is 32.2. The number of carboxylic acids is 1. The summed E-state index contributed by atoms with van der Waals surface area (Å²) in [6, 6.07) is 2.26. The molecule has 0 unspecified atom stereocenters. The molecule has 0 aliphatic heterocycles. The fraction of sp³-hybridized carbons (Fsp3) is 0.579. The molecule has 2 aromatic rings. The molecule has 0 bridgehead atoms. The standard InChI is InChI=1S/C19H26N4O3S2/c1-3-12-6-7-14-13(9-12)10-15(28-14)18-21-22-19(23(18)2)27-11-16(24)20-8-4-5-17(25)26/h10,12H,3-9,11H2,1-2H3,(H,20,24)(H,25,26)/t12-/m0/s1. The molecule has 0 fully saturated rings. The summed E-state index contributed by atoms with van der Waals surface area (Å²) < 4.78 is 1.94. The monoisotopic (exact) mass is 422 g/mol. The number of fused-ring (bicyclic) bond motifs is 1. The van der Waals surface area contributed by atoms with Crippen molar-refractivity contribution in [1.82, 2.24) is 20.1 Å². The van der Waals surface area contributed by atoms with Crippen LogP contribution in [0.5, 0.6) is 0 Å². The Morgan fingerprint density at radius 3 is 3.00 bits per heavy atom. The summed E-state index contributed by atoms with van der Waals surface area (Å²) in [5, 5.41) is 20.6. The lowest BCUT2D eigenvalue weighted by atomic mass is 9.87. The lowest BCUT2D eigenvalue weighted by Crippen LogP contribution is -2.26. The Kier molecular flexibility index (Phi) is 7.12. The van der Waals surface area contributed by atoms with Crippen LogP contribution in [0.1, 0.15) is 43.0 Å². The highest BCUT2D eigenvalue weighted by Gasteiger charge is 2.22. The van der Waals surface area contributed by atoms with Gasteiger partial charge in [-0.05, 0) is 43.2 Å². The van der Waals surface area contributed by atoms with Gasteiger partial charge in [0, 0.05) is 24.9 Å². The molecule has 1 atom stereocenters. The van der Waals surface area contributed by atoms with Crippen molar-refractivity contribution < 1.29 is 14.7 Å². The molecule has 2 N–H and O–H groups in total. The highest BCUT2D eigenvalue weighted by Crippen LogP contribution is 2.37. The first kappa shape index (κ1) is 20.9. The number of carbonyl (C=O) groups excluding carboxylic acids is 1. The fourth-order valence-corrected chi connectivity index (χ4v) is 5.33. The van der Waals surface area contributed by atoms with Gasteiger partial charge in [0.25, 0.3) is 0 Å². The Bertz CT molecular complexity index is 846. The van der Waals surface area contributed by atoms with Crippen LogP contribution in [-0.4, -0.2) is 44.0 Å². The molecule has 28 heavy (non-hydrogen) atoms. The molecule has 0 saturated carbocycles. The number of thiophene rings is 1. The van der Waals surface area contributed by atoms with E-state index in [0.717, 1.165) is 29.5 Å². The molecule has 0 saturated heterocycles. The number of aromatic nitrogens is 3. The minimum absolute atomic E-state index is 0.0594. The average molecular weight is 423 g/mol. The number of carboxylic acid groups (broad SMARTS) is 1. The zero-order valence-electron chi connectivity index (χ0n) is 16.2. The second-order valence-corrected chi connectivity index (χ2v) is 9.16. The Morgan fingerprint density at radius 2 is 2.25 bits per heavy atom. The molecule has 2 aromatic heterocycles. The summed E-state index contributed by atoms with van der Waals surface area (Å²) in [5.74, 6) is 0.886. The van der Waals surface area contributed by atoms with Crippen molar-refractivity contribution in [3.63, 3.8) is 0 Å². The number of aliphatic carboxylic acids is 1. The number of aryl methyl sites for hydroxylation is 1. The van der Waals surface area contributed by atoms with E-state index >= 15 is 0 Å². The molecule has 7 nitrogen and oxygen atoms in total. The van der Waals surface area contributed by atoms with Crippen molar-refractivity contribution in [2.45, 2.75) is 50.6 Å². The van der Waals surface area contributed by atoms with Crippen LogP contribution in [0.25, 0.3) is 10.7 Å². The third-order valence-electron chi connectivity index (χ3n) is 5.04. The summed E-state index contributed by atoms with van der Waals surface area (Å²) in [4.78, 5) is 25.0. The second kappa shape index (κ2) is 9.56. The highest BCUT2D eigenvalue weighted by molar-refractivity contribution is 7.99. The molecule has 0 radical (unpaired) electrons. The van der Waals surface area contributed by atoms with Crippen LogP contribution < -0.4 is 5.32 Å². The maximum atomic E-state index is 11.9. The number of carbonyl (C=O) groups is 2. The largest absolute Gasteiger partial charge is 0.481 e. The summed E-state index contributed by atoms with van der Waals surface area (Å²) in [6.45, 7) is 2.63. The van der Waals surface area contributed by atoms with Gasteiger partial charge < -0.3 is 15.0 Å². The van der Waals surface area contributed by atoms with Gasteiger partial charge in [-0.2, -0.15) is 0 Å². The summed E-state index contributed by atoms with van der Waals surface area (Å²) in [5.41, 5.74) is 1.45. The van der Waals surface area contributed by atoms with E-state index in [-0.39, 0.29) is 18.1 Å². The second-order valence-electron chi connectivity index (χ2n) is 7.08. The van der Waals surface area contributed by atoms with E-state index in [0.29, 0.717) is 18.1 Å². The van der Waals surface area contributed by atoms with E-state index in [9.17, 15) is 9.59 Å². The van der Waals surface area contributed by atoms with Crippen LogP contribution in [0.15, 0.2) is 11.2 Å². The van der Waals surface area contributed by atoms with Gasteiger partial charge in [0.1, 0.15) is 0 Å². The van der Waals surface area contributed by atoms with Crippen LogP contribution >= 0.6 is 23.1 Å². The number of hydrogen-bond donors (Lipinski definition) is 2. The van der Waals surface area contributed by atoms with Gasteiger partial charge in [0.15, 0.2) is 11.0 Å². The normalized spacial score (nSPS) is 16.0. The van der Waals surface area contributed by atoms with Gasteiger partial charge in [-0.15, -0.1) is 21.5 Å². The van der Waals surface area contributed by atoms with Crippen LogP contribution in [-0.2, 0) is 29.5 Å². The maximum Gasteiger partial charge on any atom is 0.303 e. The number of thioether (sulfide) groups is 1. The van der Waals surface area contributed by atoms with Gasteiger partial charge in [0.05, 0.1) is 10.6 Å². The number of rotatable bonds is 9. The molecule has 9 heteroatoms. The molecular formula is C19H26N4O3S2. The molecule has 2 heterocycles. The molecule has 1 aliphatic rings. The van der Waals surface area contributed by atoms with Crippen LogP contribution in [0.4, 0.5) is 0 Å². The first-order valence-electron chi connectivity index (χ1n) is 9.60. The number of amides is 1. The van der Waals surface area contributed by atoms with Crippen molar-refractivity contribution in [3.05, 3.63) is 16.5 Å². The van der Waals surface area contributed by atoms with Gasteiger partial charge in [-0.3, -0.25) is 9.59 Å². The lowest BCUT2D eigenvalue weighted by molar-refractivity contribution is -0.137. The summed E-state index contributed by atoms with van der Waals surface area (Å²) in [7, 11) is 1.93. The van der Waals surface area contributed by atoms with E-state index in [1.54, 1.807) is 0 Å². The van der Waals surface area contributed by atoms with Crippen molar-refractivity contribution in [2.24, 2.45) is 13.0 Å². The predicted molar refractivity (Wildman–Crippen MR) is 111 cm³/mol. The molecule has 152 valence electrons. The third kappa shape index (κ3) is 5.14. The first-order valence-corrected chi connectivity index (χ1v) is 11.4. The van der Waals surface area contributed by atoms with E-state index in [1.807, 2.05) is 23.0 Å². The SMILES string of the molecule is CC[C@H]1CCc2sc(-c3nnc(SCC(=O)NCCCC(=O)O)n3C)cc2C1. The van der Waals surface area contributed by atoms with E-state index < -0.39 is 5.97 Å². The minimum Gasteiger partial charge on any atom is -0.481 e. The molecule has 1 amide bonds. The van der Waals surface area contributed by atoms with E-state index in [4.69, 9.17) is 5.11 Å². The van der Waals surface area contributed by atoms with Crippen LogP contribution in [0.3, 0.4) is 0 Å². The maximum absolute atomic E-state index is 11.9. The Hall–Kier alpha value is -1.87. The topological polar surface area (TPSA) is 97.1 Å². The number of nitrogens with zero attached hydrogens (tertiary/aromatic N) is 3. The van der Waals surface area contributed by atoms with Gasteiger partial charge in [0.2, 0.25) is 5.91 Å². The molecule has 0 aromatic carbocycles. The molecule has 3 rings (SSSR count). The predicted octanol–water partition coefficient (Wildman–Crippen LogP) is 3.13. The summed E-state index contributed by atoms with van der Waals surface area (Å²) >= 11 is 3.15. The zero-order valence-corrected chi connectivity index (χ0v) is 17.9. The number of hydrogen-bond acceptors (Lipinski definition) is 6. The van der Waals surface area contributed by atoms with Gasteiger partial charge in [-0.1, -0.05) is 25.1 Å². The first-order chi connectivity index (χ1) is 13.5. The van der Waals surface area contributed by atoms with Crippen molar-refractivity contribution in [1.29, 1.82) is 0 Å². The molecule has 0 spiro atoms. The quantitative estimate of drug-likeness (QED) is 0.476. The van der Waals surface area contributed by atoms with Crippen molar-refractivity contribution in [2.75, 3.05) is 12.3 Å². The van der Waals surface area contributed by atoms with Crippen molar-refractivity contribution >= 4 is 35.0 Å². The average Bonchev–Trinajstić information content (AvgIpc) is 3.25. The Labute approximate surface area is 172 Å². The fourth-order valence-electron chi connectivity index (χ4n) is 3.36. The molecular weight excluding hydrogens is 396 g/mol. The van der Waals surface area contributed by atoms with E-state index in [2.05, 4.69) is 28.5 Å².